The highest BCUT2D eigenvalue weighted by Crippen LogP contribution is 2.51. The maximum atomic E-state index is 11.6. The average molecular weight is 308 g/mol. The first-order valence-corrected chi connectivity index (χ1v) is 8.23. The highest BCUT2D eigenvalue weighted by Gasteiger charge is 2.50. The van der Waals surface area contributed by atoms with Gasteiger partial charge in [-0.15, -0.1) is 0 Å². The van der Waals surface area contributed by atoms with Gasteiger partial charge in [0.1, 0.15) is 18.0 Å². The van der Waals surface area contributed by atoms with Crippen molar-refractivity contribution in [3.05, 3.63) is 71.8 Å². The minimum absolute atomic E-state index is 0.133. The topological polar surface area (TPSA) is 35.5 Å². The molecule has 3 nitrogen and oxygen atoms in total. The fourth-order valence-corrected chi connectivity index (χ4v) is 3.53. The second-order valence-electron chi connectivity index (χ2n) is 6.35. The molecule has 23 heavy (non-hydrogen) atoms. The number of rotatable bonds is 2. The summed E-state index contributed by atoms with van der Waals surface area (Å²) in [5, 5.41) is 0. The summed E-state index contributed by atoms with van der Waals surface area (Å²) in [6.45, 7) is 0. The SMILES string of the molecule is O=C1CCC2(CC1)O[C@H](c1ccccc1)[C@@H](c1ccccc1)O2. The molecule has 0 bridgehead atoms. The van der Waals surface area contributed by atoms with Gasteiger partial charge in [-0.1, -0.05) is 60.7 Å². The summed E-state index contributed by atoms with van der Waals surface area (Å²) in [6, 6.07) is 20.4. The predicted molar refractivity (Wildman–Crippen MR) is 86.7 cm³/mol. The summed E-state index contributed by atoms with van der Waals surface area (Å²) in [6.07, 6.45) is 2.13. The predicted octanol–water partition coefficient (Wildman–Crippen LogP) is 4.36. The molecule has 0 aromatic heterocycles. The van der Waals surface area contributed by atoms with E-state index in [-0.39, 0.29) is 12.2 Å². The van der Waals surface area contributed by atoms with Gasteiger partial charge in [0, 0.05) is 25.7 Å². The number of carbonyl (C=O) groups is 1. The van der Waals surface area contributed by atoms with Crippen LogP contribution >= 0.6 is 0 Å². The average Bonchev–Trinajstić information content (AvgIpc) is 2.99. The Labute approximate surface area is 136 Å². The summed E-state index contributed by atoms with van der Waals surface area (Å²) >= 11 is 0. The number of benzene rings is 2. The third-order valence-electron chi connectivity index (χ3n) is 4.78. The molecule has 4 rings (SSSR count). The maximum Gasteiger partial charge on any atom is 0.171 e. The molecule has 2 aromatic rings. The van der Waals surface area contributed by atoms with Crippen molar-refractivity contribution in [3.63, 3.8) is 0 Å². The van der Waals surface area contributed by atoms with E-state index in [1.807, 2.05) is 36.4 Å². The van der Waals surface area contributed by atoms with E-state index in [9.17, 15) is 4.79 Å². The summed E-state index contributed by atoms with van der Waals surface area (Å²) < 4.78 is 12.8. The lowest BCUT2D eigenvalue weighted by atomic mass is 9.93. The molecule has 3 heteroatoms. The Bertz CT molecular complexity index is 621. The number of hydrogen-bond acceptors (Lipinski definition) is 3. The Morgan fingerprint density at radius 3 is 1.61 bits per heavy atom. The smallest absolute Gasteiger partial charge is 0.171 e. The van der Waals surface area contributed by atoms with Crippen molar-refractivity contribution in [1.82, 2.24) is 0 Å². The van der Waals surface area contributed by atoms with Crippen LogP contribution in [-0.2, 0) is 14.3 Å². The van der Waals surface area contributed by atoms with Gasteiger partial charge >= 0.3 is 0 Å². The molecule has 2 fully saturated rings. The highest BCUT2D eigenvalue weighted by molar-refractivity contribution is 5.79. The molecule has 1 saturated heterocycles. The second-order valence-corrected chi connectivity index (χ2v) is 6.35. The number of ketones is 1. The van der Waals surface area contributed by atoms with Crippen LogP contribution in [0.4, 0.5) is 0 Å². The fourth-order valence-electron chi connectivity index (χ4n) is 3.53. The van der Waals surface area contributed by atoms with E-state index in [0.717, 1.165) is 11.1 Å². The quantitative estimate of drug-likeness (QED) is 0.827. The van der Waals surface area contributed by atoms with Crippen LogP contribution < -0.4 is 0 Å². The van der Waals surface area contributed by atoms with E-state index in [1.54, 1.807) is 0 Å². The van der Waals surface area contributed by atoms with E-state index in [2.05, 4.69) is 24.3 Å². The first-order chi connectivity index (χ1) is 11.3. The van der Waals surface area contributed by atoms with Crippen LogP contribution in [0.15, 0.2) is 60.7 Å². The van der Waals surface area contributed by atoms with Gasteiger partial charge in [-0.25, -0.2) is 0 Å². The van der Waals surface area contributed by atoms with Crippen molar-refractivity contribution in [2.75, 3.05) is 0 Å². The monoisotopic (exact) mass is 308 g/mol. The Hall–Kier alpha value is -1.97. The molecule has 2 aromatic carbocycles. The maximum absolute atomic E-state index is 11.6. The lowest BCUT2D eigenvalue weighted by Crippen LogP contribution is -2.35. The number of carbonyl (C=O) groups excluding carboxylic acids is 1. The minimum atomic E-state index is -0.616. The van der Waals surface area contributed by atoms with E-state index >= 15 is 0 Å². The van der Waals surface area contributed by atoms with Crippen molar-refractivity contribution in [1.29, 1.82) is 0 Å². The molecule has 0 radical (unpaired) electrons. The van der Waals surface area contributed by atoms with Gasteiger partial charge < -0.3 is 9.47 Å². The van der Waals surface area contributed by atoms with Gasteiger partial charge in [0.05, 0.1) is 0 Å². The van der Waals surface area contributed by atoms with Gasteiger partial charge in [-0.3, -0.25) is 4.79 Å². The standard InChI is InChI=1S/C20H20O3/c21-17-11-13-20(14-12-17)22-18(15-7-3-1-4-8-15)19(23-20)16-9-5-2-6-10-16/h1-10,18-19H,11-14H2/t18-,19-/m1/s1. The first kappa shape index (κ1) is 14.6. The van der Waals surface area contributed by atoms with Crippen molar-refractivity contribution in [2.24, 2.45) is 0 Å². The molecule has 1 spiro atoms. The van der Waals surface area contributed by atoms with Gasteiger partial charge in [0.2, 0.25) is 0 Å². The van der Waals surface area contributed by atoms with Crippen LogP contribution in [0.3, 0.4) is 0 Å². The van der Waals surface area contributed by atoms with Crippen LogP contribution in [0.1, 0.15) is 49.0 Å². The number of Topliss-reactive ketones (excluding diaryl/α,β-unsaturated/α-hetero) is 1. The van der Waals surface area contributed by atoms with Crippen molar-refractivity contribution < 1.29 is 14.3 Å². The molecule has 2 atom stereocenters. The lowest BCUT2D eigenvalue weighted by molar-refractivity contribution is -0.196. The summed E-state index contributed by atoms with van der Waals surface area (Å²) in [5.74, 6) is -0.309. The minimum Gasteiger partial charge on any atom is -0.339 e. The van der Waals surface area contributed by atoms with E-state index < -0.39 is 5.79 Å². The molecule has 0 unspecified atom stereocenters. The summed E-state index contributed by atoms with van der Waals surface area (Å²) in [5.41, 5.74) is 2.24. The summed E-state index contributed by atoms with van der Waals surface area (Å²) in [7, 11) is 0. The largest absolute Gasteiger partial charge is 0.339 e. The molecule has 0 amide bonds. The van der Waals surface area contributed by atoms with Crippen LogP contribution in [0.2, 0.25) is 0 Å². The Morgan fingerprint density at radius 1 is 0.739 bits per heavy atom. The Kier molecular flexibility index (Phi) is 3.76. The molecule has 2 aliphatic rings. The van der Waals surface area contributed by atoms with E-state index in [4.69, 9.17) is 9.47 Å². The van der Waals surface area contributed by atoms with E-state index in [0.29, 0.717) is 31.5 Å². The third-order valence-corrected chi connectivity index (χ3v) is 4.78. The lowest BCUT2D eigenvalue weighted by Gasteiger charge is -2.31. The highest BCUT2D eigenvalue weighted by atomic mass is 16.8. The first-order valence-electron chi connectivity index (χ1n) is 8.23. The molecular weight excluding hydrogens is 288 g/mol. The molecular formula is C20H20O3. The van der Waals surface area contributed by atoms with Gasteiger partial charge in [0.15, 0.2) is 5.79 Å². The van der Waals surface area contributed by atoms with Crippen LogP contribution in [0.5, 0.6) is 0 Å². The molecule has 1 saturated carbocycles. The normalized spacial score (nSPS) is 26.5. The van der Waals surface area contributed by atoms with E-state index in [1.165, 1.54) is 0 Å². The van der Waals surface area contributed by atoms with Crippen LogP contribution in [0.25, 0.3) is 0 Å². The van der Waals surface area contributed by atoms with Crippen LogP contribution in [-0.4, -0.2) is 11.6 Å². The third kappa shape index (κ3) is 2.82. The number of ether oxygens (including phenoxy) is 2. The summed E-state index contributed by atoms with van der Waals surface area (Å²) in [4.78, 5) is 11.6. The second kappa shape index (κ2) is 5.91. The van der Waals surface area contributed by atoms with Crippen molar-refractivity contribution >= 4 is 5.78 Å². The van der Waals surface area contributed by atoms with Gasteiger partial charge in [0.25, 0.3) is 0 Å². The zero-order valence-electron chi connectivity index (χ0n) is 13.0. The van der Waals surface area contributed by atoms with Crippen LogP contribution in [0, 0.1) is 0 Å². The fraction of sp³-hybridized carbons (Fsp3) is 0.350. The van der Waals surface area contributed by atoms with Crippen molar-refractivity contribution in [3.8, 4) is 0 Å². The van der Waals surface area contributed by atoms with Gasteiger partial charge in [-0.05, 0) is 11.1 Å². The molecule has 0 N–H and O–H groups in total. The Morgan fingerprint density at radius 2 is 1.17 bits per heavy atom. The van der Waals surface area contributed by atoms with Crippen molar-refractivity contribution in [2.45, 2.75) is 43.7 Å². The molecule has 118 valence electrons. The Balaban J connectivity index is 1.68. The molecule has 1 aliphatic heterocycles. The van der Waals surface area contributed by atoms with Gasteiger partial charge in [-0.2, -0.15) is 0 Å². The molecule has 1 aliphatic carbocycles. The zero-order valence-corrected chi connectivity index (χ0v) is 13.0. The zero-order chi connectivity index (χ0) is 15.7. The number of hydrogen-bond donors (Lipinski definition) is 0. The molecule has 1 heterocycles.